The molecule has 174 valence electrons. The van der Waals surface area contributed by atoms with Gasteiger partial charge in [0.15, 0.2) is 17.5 Å². The van der Waals surface area contributed by atoms with E-state index in [9.17, 15) is 22.8 Å². The lowest BCUT2D eigenvalue weighted by Crippen LogP contribution is -2.20. The van der Waals surface area contributed by atoms with Crippen LogP contribution in [0.1, 0.15) is 16.7 Å². The van der Waals surface area contributed by atoms with Crippen LogP contribution in [-0.4, -0.2) is 14.1 Å². The second-order valence-corrected chi connectivity index (χ2v) is 8.05. The van der Waals surface area contributed by atoms with Crippen LogP contribution >= 0.6 is 0 Å². The van der Waals surface area contributed by atoms with Crippen molar-refractivity contribution in [1.29, 1.82) is 0 Å². The van der Waals surface area contributed by atoms with E-state index in [1.54, 1.807) is 38.4 Å². The first-order valence-electron chi connectivity index (χ1n) is 10.4. The fraction of sp³-hybridized carbons (Fsp3) is 0.160. The average Bonchev–Trinajstić information content (AvgIpc) is 2.79. The smallest absolute Gasteiger partial charge is 0.277 e. The van der Waals surface area contributed by atoms with Crippen LogP contribution in [0.3, 0.4) is 0 Å². The van der Waals surface area contributed by atoms with Crippen molar-refractivity contribution in [3.8, 4) is 11.1 Å². The maximum Gasteiger partial charge on any atom is 0.277 e. The lowest BCUT2D eigenvalue weighted by molar-refractivity contribution is 0.444. The van der Waals surface area contributed by atoms with E-state index in [-0.39, 0.29) is 23.6 Å². The number of hydrogen-bond donors (Lipinski definition) is 1. The Morgan fingerprint density at radius 2 is 1.68 bits per heavy atom. The van der Waals surface area contributed by atoms with Crippen LogP contribution in [0.25, 0.3) is 11.1 Å². The van der Waals surface area contributed by atoms with E-state index in [1.807, 2.05) is 19.1 Å². The largest absolute Gasteiger partial charge is 0.325 e. The molecular formula is C25H21F3N4O2. The number of hydrogen-bond acceptors (Lipinski definition) is 4. The molecule has 2 aromatic heterocycles. The Morgan fingerprint density at radius 1 is 0.971 bits per heavy atom. The molecule has 9 heteroatoms. The van der Waals surface area contributed by atoms with E-state index in [4.69, 9.17) is 0 Å². The molecule has 0 amide bonds. The van der Waals surface area contributed by atoms with Crippen molar-refractivity contribution in [3.05, 3.63) is 110 Å². The molecule has 0 saturated heterocycles. The molecule has 0 aliphatic carbocycles. The van der Waals surface area contributed by atoms with Crippen molar-refractivity contribution in [2.45, 2.75) is 20.4 Å². The predicted molar refractivity (Wildman–Crippen MR) is 124 cm³/mol. The first kappa shape index (κ1) is 23.0. The predicted octanol–water partition coefficient (Wildman–Crippen LogP) is 4.44. The molecule has 2 heterocycles. The highest BCUT2D eigenvalue weighted by atomic mass is 19.2. The van der Waals surface area contributed by atoms with Gasteiger partial charge in [0, 0.05) is 36.3 Å². The number of rotatable bonds is 5. The van der Waals surface area contributed by atoms with Gasteiger partial charge in [-0.1, -0.05) is 12.1 Å². The third-order valence-corrected chi connectivity index (χ3v) is 5.48. The third kappa shape index (κ3) is 4.50. The number of aromatic nitrogens is 3. The Kier molecular flexibility index (Phi) is 6.10. The van der Waals surface area contributed by atoms with Gasteiger partial charge < -0.3 is 14.5 Å². The maximum atomic E-state index is 13.7. The van der Waals surface area contributed by atoms with Crippen LogP contribution in [-0.2, 0) is 13.6 Å². The van der Waals surface area contributed by atoms with Crippen LogP contribution in [0.2, 0.25) is 0 Å². The van der Waals surface area contributed by atoms with Crippen LogP contribution < -0.4 is 16.4 Å². The van der Waals surface area contributed by atoms with Crippen molar-refractivity contribution in [2.24, 2.45) is 7.05 Å². The summed E-state index contributed by atoms with van der Waals surface area (Å²) >= 11 is 0. The van der Waals surface area contributed by atoms with Gasteiger partial charge in [-0.25, -0.2) is 13.2 Å². The average molecular weight is 466 g/mol. The quantitative estimate of drug-likeness (QED) is 0.442. The normalized spacial score (nSPS) is 11.0. The lowest BCUT2D eigenvalue weighted by atomic mass is 10.0. The zero-order valence-corrected chi connectivity index (χ0v) is 18.7. The first-order chi connectivity index (χ1) is 16.1. The van der Waals surface area contributed by atoms with E-state index >= 15 is 0 Å². The molecule has 0 radical (unpaired) electrons. The molecule has 0 unspecified atom stereocenters. The van der Waals surface area contributed by atoms with Gasteiger partial charge in [-0.15, -0.1) is 0 Å². The molecule has 0 fully saturated rings. The molecule has 0 saturated carbocycles. The SMILES string of the molecule is Cc1ccc(-c2cccn(C)c2=O)cc1Nc1nc(=O)c(C)cn1Cc1cc(F)c(F)c(F)c1. The molecule has 0 bridgehead atoms. The lowest BCUT2D eigenvalue weighted by Gasteiger charge is -2.17. The van der Waals surface area contributed by atoms with Crippen molar-refractivity contribution in [3.63, 3.8) is 0 Å². The minimum absolute atomic E-state index is 0.0669. The molecule has 34 heavy (non-hydrogen) atoms. The number of benzene rings is 2. The summed E-state index contributed by atoms with van der Waals surface area (Å²) in [6.07, 6.45) is 3.16. The number of anilines is 2. The summed E-state index contributed by atoms with van der Waals surface area (Å²) in [6.45, 7) is 3.34. The molecule has 6 nitrogen and oxygen atoms in total. The van der Waals surface area contributed by atoms with E-state index < -0.39 is 23.0 Å². The Bertz CT molecular complexity index is 1500. The maximum absolute atomic E-state index is 13.7. The minimum atomic E-state index is -1.55. The van der Waals surface area contributed by atoms with Gasteiger partial charge in [0.05, 0.1) is 6.54 Å². The number of aryl methyl sites for hydroxylation is 3. The van der Waals surface area contributed by atoms with Gasteiger partial charge in [-0.05, 0) is 60.9 Å². The van der Waals surface area contributed by atoms with Gasteiger partial charge in [-0.2, -0.15) is 4.98 Å². The summed E-state index contributed by atoms with van der Waals surface area (Å²) in [4.78, 5) is 28.9. The summed E-state index contributed by atoms with van der Waals surface area (Å²) < 4.78 is 43.8. The fourth-order valence-electron chi connectivity index (χ4n) is 3.58. The van der Waals surface area contributed by atoms with Gasteiger partial charge in [0.1, 0.15) is 0 Å². The van der Waals surface area contributed by atoms with Gasteiger partial charge in [0.2, 0.25) is 5.95 Å². The van der Waals surface area contributed by atoms with Crippen molar-refractivity contribution >= 4 is 11.6 Å². The standard InChI is InChI=1S/C25H21F3N4O2/c1-14-6-7-17(18-5-4-8-31(3)24(18)34)11-21(14)29-25-30-23(33)15(2)12-32(25)13-16-9-19(26)22(28)20(27)10-16/h4-12H,13H2,1-3H3,(H,29,30,33). The van der Waals surface area contributed by atoms with Gasteiger partial charge >= 0.3 is 0 Å². The van der Waals surface area contributed by atoms with E-state index in [2.05, 4.69) is 10.3 Å². The molecule has 2 aromatic carbocycles. The summed E-state index contributed by atoms with van der Waals surface area (Å²) in [5.41, 5.74) is 2.41. The van der Waals surface area contributed by atoms with Gasteiger partial charge in [0.25, 0.3) is 11.1 Å². The summed E-state index contributed by atoms with van der Waals surface area (Å²) in [5.74, 6) is -4.02. The van der Waals surface area contributed by atoms with Crippen LogP contribution in [0.5, 0.6) is 0 Å². The number of pyridine rings is 1. The highest BCUT2D eigenvalue weighted by Crippen LogP contribution is 2.26. The Morgan fingerprint density at radius 3 is 2.38 bits per heavy atom. The second kappa shape index (κ2) is 9.01. The Hall–Kier alpha value is -4.14. The fourth-order valence-corrected chi connectivity index (χ4v) is 3.58. The molecule has 0 spiro atoms. The van der Waals surface area contributed by atoms with E-state index in [0.29, 0.717) is 22.4 Å². The summed E-state index contributed by atoms with van der Waals surface area (Å²) in [7, 11) is 1.66. The van der Waals surface area contributed by atoms with E-state index in [0.717, 1.165) is 17.7 Å². The highest BCUT2D eigenvalue weighted by molar-refractivity contribution is 5.71. The van der Waals surface area contributed by atoms with Crippen molar-refractivity contribution in [1.82, 2.24) is 14.1 Å². The molecule has 0 aliphatic heterocycles. The molecule has 0 aliphatic rings. The van der Waals surface area contributed by atoms with E-state index in [1.165, 1.54) is 15.3 Å². The monoisotopic (exact) mass is 466 g/mol. The first-order valence-corrected chi connectivity index (χ1v) is 10.4. The zero-order valence-electron chi connectivity index (χ0n) is 18.7. The molecule has 1 N–H and O–H groups in total. The zero-order chi connectivity index (χ0) is 24.6. The molecule has 4 aromatic rings. The van der Waals surface area contributed by atoms with Crippen molar-refractivity contribution in [2.75, 3.05) is 5.32 Å². The number of nitrogens with one attached hydrogen (secondary N) is 1. The molecule has 4 rings (SSSR count). The highest BCUT2D eigenvalue weighted by Gasteiger charge is 2.14. The number of nitrogens with zero attached hydrogens (tertiary/aromatic N) is 3. The van der Waals surface area contributed by atoms with Gasteiger partial charge in [-0.3, -0.25) is 9.59 Å². The topological polar surface area (TPSA) is 68.9 Å². The van der Waals surface area contributed by atoms with Crippen LogP contribution in [0.4, 0.5) is 24.8 Å². The summed E-state index contributed by atoms with van der Waals surface area (Å²) in [6, 6.07) is 10.7. The van der Waals surface area contributed by atoms with Crippen LogP contribution in [0.15, 0.2) is 64.4 Å². The minimum Gasteiger partial charge on any atom is -0.325 e. The number of halogens is 3. The third-order valence-electron chi connectivity index (χ3n) is 5.48. The van der Waals surface area contributed by atoms with Crippen molar-refractivity contribution < 1.29 is 13.2 Å². The molecular weight excluding hydrogens is 445 g/mol. The molecule has 0 atom stereocenters. The Balaban J connectivity index is 1.76. The van der Waals surface area contributed by atoms with Crippen LogP contribution in [0, 0.1) is 31.3 Å². The Labute approximate surface area is 193 Å². The second-order valence-electron chi connectivity index (χ2n) is 8.05. The summed E-state index contributed by atoms with van der Waals surface area (Å²) in [5, 5.41) is 3.10.